The standard InChI is InChI=1S/C19H24O4/c1-5-23-18(22)19(7-6-15(20)11-19)17(21)10-16-13(3)8-12(2)9-14(16)4/h8-9H,5-7,10-11H2,1-4H3. The maximum atomic E-state index is 12.9. The van der Waals surface area contributed by atoms with Gasteiger partial charge < -0.3 is 4.74 Å². The third kappa shape index (κ3) is 3.36. The molecule has 1 aromatic carbocycles. The number of aryl methyl sites for hydroxylation is 3. The molecule has 0 bridgehead atoms. The van der Waals surface area contributed by atoms with E-state index in [9.17, 15) is 14.4 Å². The van der Waals surface area contributed by atoms with Gasteiger partial charge in [-0.2, -0.15) is 0 Å². The first-order valence-electron chi connectivity index (χ1n) is 8.09. The summed E-state index contributed by atoms with van der Waals surface area (Å²) >= 11 is 0. The van der Waals surface area contributed by atoms with Crippen LogP contribution in [0, 0.1) is 26.2 Å². The molecule has 1 saturated carbocycles. The Kier molecular flexibility index (Phi) is 5.03. The third-order valence-corrected chi connectivity index (χ3v) is 4.71. The van der Waals surface area contributed by atoms with Crippen molar-refractivity contribution in [3.63, 3.8) is 0 Å². The number of hydrogen-bond donors (Lipinski definition) is 0. The van der Waals surface area contributed by atoms with E-state index in [1.165, 1.54) is 0 Å². The summed E-state index contributed by atoms with van der Waals surface area (Å²) in [6, 6.07) is 4.07. The Morgan fingerprint density at radius 1 is 1.17 bits per heavy atom. The lowest BCUT2D eigenvalue weighted by Gasteiger charge is -2.25. The largest absolute Gasteiger partial charge is 0.465 e. The number of carbonyl (C=O) groups is 3. The van der Waals surface area contributed by atoms with Gasteiger partial charge in [0.15, 0.2) is 5.78 Å². The molecular formula is C19H24O4. The highest BCUT2D eigenvalue weighted by atomic mass is 16.5. The molecule has 0 aromatic heterocycles. The molecule has 0 N–H and O–H groups in total. The molecule has 0 aliphatic heterocycles. The lowest BCUT2D eigenvalue weighted by Crippen LogP contribution is -2.40. The topological polar surface area (TPSA) is 60.4 Å². The van der Waals surface area contributed by atoms with Crippen LogP contribution in [0.3, 0.4) is 0 Å². The molecule has 2 rings (SSSR count). The summed E-state index contributed by atoms with van der Waals surface area (Å²) in [7, 11) is 0. The first-order valence-corrected chi connectivity index (χ1v) is 8.09. The zero-order valence-corrected chi connectivity index (χ0v) is 14.3. The minimum Gasteiger partial charge on any atom is -0.465 e. The van der Waals surface area contributed by atoms with Crippen LogP contribution >= 0.6 is 0 Å². The smallest absolute Gasteiger partial charge is 0.320 e. The molecule has 0 heterocycles. The predicted molar refractivity (Wildman–Crippen MR) is 87.3 cm³/mol. The fourth-order valence-electron chi connectivity index (χ4n) is 3.48. The van der Waals surface area contributed by atoms with Crippen molar-refractivity contribution in [2.75, 3.05) is 6.61 Å². The summed E-state index contributed by atoms with van der Waals surface area (Å²) in [5, 5.41) is 0. The molecule has 1 aliphatic rings. The van der Waals surface area contributed by atoms with Crippen LogP contribution in [-0.4, -0.2) is 24.1 Å². The Balaban J connectivity index is 2.33. The molecule has 1 aliphatic carbocycles. The van der Waals surface area contributed by atoms with Gasteiger partial charge in [0.1, 0.15) is 11.2 Å². The van der Waals surface area contributed by atoms with Gasteiger partial charge in [-0.25, -0.2) is 0 Å². The highest BCUT2D eigenvalue weighted by Gasteiger charge is 2.51. The van der Waals surface area contributed by atoms with E-state index in [0.717, 1.165) is 22.3 Å². The summed E-state index contributed by atoms with van der Waals surface area (Å²) < 4.78 is 5.10. The van der Waals surface area contributed by atoms with Gasteiger partial charge in [0.05, 0.1) is 6.61 Å². The highest BCUT2D eigenvalue weighted by molar-refractivity contribution is 6.09. The number of Topliss-reactive ketones (excluding diaryl/α,β-unsaturated/α-hetero) is 2. The number of benzene rings is 1. The number of hydrogen-bond acceptors (Lipinski definition) is 4. The van der Waals surface area contributed by atoms with Crippen molar-refractivity contribution >= 4 is 17.5 Å². The zero-order valence-electron chi connectivity index (χ0n) is 14.3. The third-order valence-electron chi connectivity index (χ3n) is 4.71. The average Bonchev–Trinajstić information content (AvgIpc) is 2.86. The minimum absolute atomic E-state index is 0.0192. The lowest BCUT2D eigenvalue weighted by atomic mass is 9.78. The number of esters is 1. The molecule has 0 radical (unpaired) electrons. The lowest BCUT2D eigenvalue weighted by molar-refractivity contribution is -0.160. The second kappa shape index (κ2) is 6.65. The van der Waals surface area contributed by atoms with E-state index in [2.05, 4.69) is 0 Å². The van der Waals surface area contributed by atoms with Crippen LogP contribution in [0.5, 0.6) is 0 Å². The second-order valence-corrected chi connectivity index (χ2v) is 6.50. The van der Waals surface area contributed by atoms with E-state index in [4.69, 9.17) is 4.74 Å². The van der Waals surface area contributed by atoms with E-state index in [1.54, 1.807) is 6.92 Å². The van der Waals surface area contributed by atoms with Gasteiger partial charge in [0, 0.05) is 19.3 Å². The fourth-order valence-corrected chi connectivity index (χ4v) is 3.48. The van der Waals surface area contributed by atoms with E-state index in [-0.39, 0.29) is 43.9 Å². The van der Waals surface area contributed by atoms with Crippen molar-refractivity contribution in [3.8, 4) is 0 Å². The van der Waals surface area contributed by atoms with E-state index in [1.807, 2.05) is 32.9 Å². The van der Waals surface area contributed by atoms with Crippen LogP contribution in [-0.2, 0) is 25.5 Å². The van der Waals surface area contributed by atoms with Gasteiger partial charge in [-0.05, 0) is 50.8 Å². The Morgan fingerprint density at radius 2 is 1.78 bits per heavy atom. The predicted octanol–water partition coefficient (Wildman–Crippen LogP) is 3.03. The summed E-state index contributed by atoms with van der Waals surface area (Å²) in [5.74, 6) is -0.779. The molecule has 23 heavy (non-hydrogen) atoms. The molecule has 0 saturated heterocycles. The zero-order chi connectivity index (χ0) is 17.2. The van der Waals surface area contributed by atoms with Crippen molar-refractivity contribution in [3.05, 3.63) is 34.4 Å². The van der Waals surface area contributed by atoms with Gasteiger partial charge >= 0.3 is 5.97 Å². The highest BCUT2D eigenvalue weighted by Crippen LogP contribution is 2.39. The monoisotopic (exact) mass is 316 g/mol. The van der Waals surface area contributed by atoms with Crippen LogP contribution in [0.1, 0.15) is 48.4 Å². The van der Waals surface area contributed by atoms with Crippen molar-refractivity contribution in [2.45, 2.75) is 53.4 Å². The van der Waals surface area contributed by atoms with Crippen molar-refractivity contribution in [1.82, 2.24) is 0 Å². The first kappa shape index (κ1) is 17.4. The van der Waals surface area contributed by atoms with E-state index < -0.39 is 11.4 Å². The molecule has 0 amide bonds. The van der Waals surface area contributed by atoms with Crippen molar-refractivity contribution in [1.29, 1.82) is 0 Å². The molecule has 1 atom stereocenters. The quantitative estimate of drug-likeness (QED) is 0.619. The summed E-state index contributed by atoms with van der Waals surface area (Å²) in [4.78, 5) is 37.1. The molecule has 4 heteroatoms. The van der Waals surface area contributed by atoms with Crippen LogP contribution in [0.2, 0.25) is 0 Å². The number of ether oxygens (including phenoxy) is 1. The van der Waals surface area contributed by atoms with Gasteiger partial charge in [-0.1, -0.05) is 17.7 Å². The van der Waals surface area contributed by atoms with Gasteiger partial charge in [-0.3, -0.25) is 14.4 Å². The fraction of sp³-hybridized carbons (Fsp3) is 0.526. The molecule has 0 spiro atoms. The summed E-state index contributed by atoms with van der Waals surface area (Å²) in [6.45, 7) is 7.88. The van der Waals surface area contributed by atoms with E-state index in [0.29, 0.717) is 0 Å². The van der Waals surface area contributed by atoms with Gasteiger partial charge in [0.25, 0.3) is 0 Å². The SMILES string of the molecule is CCOC(=O)C1(C(=O)Cc2c(C)cc(C)cc2C)CCC(=O)C1. The molecule has 4 nitrogen and oxygen atoms in total. The molecule has 1 fully saturated rings. The van der Waals surface area contributed by atoms with Crippen LogP contribution in [0.15, 0.2) is 12.1 Å². The minimum atomic E-state index is -1.28. The van der Waals surface area contributed by atoms with Crippen LogP contribution < -0.4 is 0 Å². The number of rotatable bonds is 5. The average molecular weight is 316 g/mol. The Labute approximate surface area is 137 Å². The van der Waals surface area contributed by atoms with Crippen molar-refractivity contribution < 1.29 is 19.1 Å². The Hall–Kier alpha value is -1.97. The summed E-state index contributed by atoms with van der Waals surface area (Å²) in [5.41, 5.74) is 2.89. The number of ketones is 2. The maximum absolute atomic E-state index is 12.9. The maximum Gasteiger partial charge on any atom is 0.320 e. The van der Waals surface area contributed by atoms with Crippen molar-refractivity contribution in [2.24, 2.45) is 5.41 Å². The van der Waals surface area contributed by atoms with Gasteiger partial charge in [-0.15, -0.1) is 0 Å². The Morgan fingerprint density at radius 3 is 2.26 bits per heavy atom. The van der Waals surface area contributed by atoms with Gasteiger partial charge in [0.2, 0.25) is 0 Å². The van der Waals surface area contributed by atoms with E-state index >= 15 is 0 Å². The number of carbonyl (C=O) groups excluding carboxylic acids is 3. The normalized spacial score (nSPS) is 20.6. The molecule has 1 aromatic rings. The van der Waals surface area contributed by atoms with Crippen LogP contribution in [0.25, 0.3) is 0 Å². The Bertz CT molecular complexity index is 636. The molecular weight excluding hydrogens is 292 g/mol. The first-order chi connectivity index (χ1) is 10.8. The van der Waals surface area contributed by atoms with Crippen LogP contribution in [0.4, 0.5) is 0 Å². The molecule has 1 unspecified atom stereocenters. The summed E-state index contributed by atoms with van der Waals surface area (Å²) in [6.07, 6.45) is 0.697. The molecule has 124 valence electrons. The second-order valence-electron chi connectivity index (χ2n) is 6.50.